The minimum Gasteiger partial charge on any atom is -0.424 e. The molecule has 0 unspecified atom stereocenters. The lowest BCUT2D eigenvalue weighted by atomic mass is 9.85. The molecular formula is C30H40N8O3S. The zero-order valence-corrected chi connectivity index (χ0v) is 25.6. The summed E-state index contributed by atoms with van der Waals surface area (Å²) in [5, 5.41) is 17.6. The predicted octanol–water partition coefficient (Wildman–Crippen LogP) is 4.76. The van der Waals surface area contributed by atoms with E-state index in [1.807, 2.05) is 6.07 Å². The van der Waals surface area contributed by atoms with Gasteiger partial charge < -0.3 is 24.1 Å². The number of anilines is 3. The van der Waals surface area contributed by atoms with Crippen molar-refractivity contribution in [2.24, 2.45) is 5.14 Å². The lowest BCUT2D eigenvalue weighted by Crippen LogP contribution is -2.44. The number of aromatic nitrogens is 4. The van der Waals surface area contributed by atoms with Crippen LogP contribution >= 0.6 is 0 Å². The van der Waals surface area contributed by atoms with E-state index in [1.54, 1.807) is 12.1 Å². The van der Waals surface area contributed by atoms with Crippen LogP contribution in [-0.2, 0) is 15.4 Å². The van der Waals surface area contributed by atoms with E-state index in [0.29, 0.717) is 23.2 Å². The molecule has 3 heterocycles. The van der Waals surface area contributed by atoms with Crippen molar-refractivity contribution in [1.82, 2.24) is 24.6 Å². The van der Waals surface area contributed by atoms with E-state index in [2.05, 4.69) is 82.0 Å². The molecule has 0 bridgehead atoms. The molecule has 0 amide bonds. The number of nitrogens with zero attached hydrogens (tertiary/aromatic N) is 6. The first-order valence-corrected chi connectivity index (χ1v) is 16.2. The number of sulfonamides is 1. The van der Waals surface area contributed by atoms with Gasteiger partial charge in [-0.2, -0.15) is 0 Å². The Morgan fingerprint density at radius 2 is 1.64 bits per heavy atom. The number of nitrogens with one attached hydrogen (secondary N) is 1. The molecule has 0 radical (unpaired) electrons. The molecule has 6 rings (SSSR count). The van der Waals surface area contributed by atoms with Crippen LogP contribution in [0.4, 0.5) is 17.3 Å². The van der Waals surface area contributed by atoms with Gasteiger partial charge in [0.15, 0.2) is 0 Å². The number of piperazine rings is 1. The topological polar surface area (TPSA) is 135 Å². The summed E-state index contributed by atoms with van der Waals surface area (Å²) in [7, 11) is -1.69. The summed E-state index contributed by atoms with van der Waals surface area (Å²) in [5.74, 6) is 2.27. The van der Waals surface area contributed by atoms with Gasteiger partial charge in [-0.25, -0.2) is 18.5 Å². The average Bonchev–Trinajstić information content (AvgIpc) is 3.59. The normalized spacial score (nSPS) is 20.7. The van der Waals surface area contributed by atoms with E-state index in [1.165, 1.54) is 5.69 Å². The molecule has 4 aromatic rings. The molecular weight excluding hydrogens is 552 g/mol. The number of fused-ring (bicyclic) bond motifs is 1. The van der Waals surface area contributed by atoms with Crippen molar-refractivity contribution in [2.45, 2.75) is 68.7 Å². The van der Waals surface area contributed by atoms with Gasteiger partial charge >= 0.3 is 0 Å². The van der Waals surface area contributed by atoms with Crippen LogP contribution in [0, 0.1) is 0 Å². The second-order valence-electron chi connectivity index (χ2n) is 12.7. The minimum atomic E-state index is -3.85. The number of hydrogen-bond donors (Lipinski definition) is 2. The van der Waals surface area contributed by atoms with Gasteiger partial charge in [0.2, 0.25) is 27.8 Å². The Bertz CT molecular complexity index is 1660. The number of nitrogens with two attached hydrogens (primary N) is 1. The summed E-state index contributed by atoms with van der Waals surface area (Å²) in [5.41, 5.74) is 3.40. The molecule has 1 aliphatic heterocycles. The van der Waals surface area contributed by atoms with E-state index in [9.17, 15) is 8.42 Å². The quantitative estimate of drug-likeness (QED) is 0.325. The van der Waals surface area contributed by atoms with Crippen molar-refractivity contribution in [3.05, 3.63) is 54.2 Å². The fraction of sp³-hybridized carbons (Fsp3) is 0.500. The van der Waals surface area contributed by atoms with Gasteiger partial charge in [-0.05, 0) is 75.2 Å². The maximum absolute atomic E-state index is 12.1. The molecule has 3 N–H and O–H groups in total. The Morgan fingerprint density at radius 1 is 0.952 bits per heavy atom. The molecule has 11 nitrogen and oxygen atoms in total. The van der Waals surface area contributed by atoms with Crippen molar-refractivity contribution >= 4 is 38.4 Å². The van der Waals surface area contributed by atoms with Crippen molar-refractivity contribution in [3.63, 3.8) is 0 Å². The molecule has 1 saturated heterocycles. The largest absolute Gasteiger partial charge is 0.424 e. The smallest absolute Gasteiger partial charge is 0.238 e. The zero-order chi connectivity index (χ0) is 29.6. The van der Waals surface area contributed by atoms with Crippen molar-refractivity contribution < 1.29 is 12.8 Å². The van der Waals surface area contributed by atoms with Gasteiger partial charge in [0, 0.05) is 54.9 Å². The molecule has 0 atom stereocenters. The summed E-state index contributed by atoms with van der Waals surface area (Å²) in [6.07, 6.45) is 3.61. The molecule has 0 spiro atoms. The van der Waals surface area contributed by atoms with Crippen LogP contribution in [0.5, 0.6) is 0 Å². The number of likely N-dealkylation sites (N-methyl/N-ethyl adjacent to an activating group) is 1. The van der Waals surface area contributed by atoms with Gasteiger partial charge in [-0.15, -0.1) is 10.2 Å². The fourth-order valence-corrected chi connectivity index (χ4v) is 6.48. The third-order valence-electron chi connectivity index (χ3n) is 8.47. The molecule has 2 aromatic carbocycles. The summed E-state index contributed by atoms with van der Waals surface area (Å²) in [6, 6.07) is 13.5. The maximum Gasteiger partial charge on any atom is 0.238 e. The van der Waals surface area contributed by atoms with Crippen LogP contribution in [0.2, 0.25) is 0 Å². The fourth-order valence-electron chi connectivity index (χ4n) is 5.95. The summed E-state index contributed by atoms with van der Waals surface area (Å²) in [6.45, 7) is 10.3. The molecule has 42 heavy (non-hydrogen) atoms. The lowest BCUT2D eigenvalue weighted by molar-refractivity contribution is 0.283. The standard InChI is InChI=1S/C30H40N8O3S/c1-30(2,3)28-35-34-27(41-28)20-5-9-23(10-6-20)38-26-14-13-24(42(31,39)40)19-25(26)33-29(38)32-21-7-11-22(12-8-21)37-17-15-36(4)16-18-37/h7-8,11-14,19-20,23H,5-6,9-10,15-18H2,1-4H3,(H,32,33)(H2,31,39,40). The number of rotatable bonds is 6. The Hall–Kier alpha value is -3.48. The second kappa shape index (κ2) is 11.0. The average molecular weight is 593 g/mol. The van der Waals surface area contributed by atoms with Gasteiger partial charge in [-0.1, -0.05) is 20.8 Å². The van der Waals surface area contributed by atoms with Crippen LogP contribution in [-0.4, -0.2) is 66.3 Å². The van der Waals surface area contributed by atoms with Crippen molar-refractivity contribution in [2.75, 3.05) is 43.4 Å². The van der Waals surface area contributed by atoms with Crippen LogP contribution in [0.25, 0.3) is 11.0 Å². The van der Waals surface area contributed by atoms with Gasteiger partial charge in [0.25, 0.3) is 0 Å². The third kappa shape index (κ3) is 5.88. The first-order chi connectivity index (χ1) is 20.0. The first-order valence-electron chi connectivity index (χ1n) is 14.6. The second-order valence-corrected chi connectivity index (χ2v) is 14.2. The highest BCUT2D eigenvalue weighted by Crippen LogP contribution is 2.41. The number of imidazole rings is 1. The zero-order valence-electron chi connectivity index (χ0n) is 24.7. The lowest BCUT2D eigenvalue weighted by Gasteiger charge is -2.34. The molecule has 1 saturated carbocycles. The van der Waals surface area contributed by atoms with E-state index in [0.717, 1.165) is 63.1 Å². The summed E-state index contributed by atoms with van der Waals surface area (Å²) >= 11 is 0. The number of primary sulfonamides is 1. The molecule has 2 aromatic heterocycles. The SMILES string of the molecule is CN1CCN(c2ccc(Nc3nc4cc(S(N)(=O)=O)ccc4n3C3CCC(c4nnc(C(C)(C)C)o4)CC3)cc2)CC1. The van der Waals surface area contributed by atoms with Crippen molar-refractivity contribution in [3.8, 4) is 0 Å². The highest BCUT2D eigenvalue weighted by atomic mass is 32.2. The molecule has 12 heteroatoms. The number of benzene rings is 2. The van der Waals surface area contributed by atoms with Crippen LogP contribution in [0.15, 0.2) is 51.8 Å². The Balaban J connectivity index is 1.26. The van der Waals surface area contributed by atoms with E-state index in [4.69, 9.17) is 14.5 Å². The van der Waals surface area contributed by atoms with Gasteiger partial charge in [0.05, 0.1) is 15.9 Å². The summed E-state index contributed by atoms with van der Waals surface area (Å²) in [4.78, 5) is 9.66. The van der Waals surface area contributed by atoms with Crippen LogP contribution in [0.1, 0.15) is 70.2 Å². The first kappa shape index (κ1) is 28.6. The summed E-state index contributed by atoms with van der Waals surface area (Å²) < 4.78 is 32.4. The Kier molecular flexibility index (Phi) is 7.48. The van der Waals surface area contributed by atoms with Crippen LogP contribution < -0.4 is 15.4 Å². The van der Waals surface area contributed by atoms with Crippen molar-refractivity contribution in [1.29, 1.82) is 0 Å². The van der Waals surface area contributed by atoms with E-state index < -0.39 is 10.0 Å². The van der Waals surface area contributed by atoms with E-state index >= 15 is 0 Å². The van der Waals surface area contributed by atoms with Crippen LogP contribution in [0.3, 0.4) is 0 Å². The highest BCUT2D eigenvalue weighted by molar-refractivity contribution is 7.89. The highest BCUT2D eigenvalue weighted by Gasteiger charge is 2.31. The minimum absolute atomic E-state index is 0.0532. The number of hydrogen-bond acceptors (Lipinski definition) is 9. The Morgan fingerprint density at radius 3 is 2.26 bits per heavy atom. The Labute approximate surface area is 247 Å². The third-order valence-corrected chi connectivity index (χ3v) is 9.39. The van der Waals surface area contributed by atoms with Gasteiger partial charge in [-0.3, -0.25) is 0 Å². The van der Waals surface area contributed by atoms with Gasteiger partial charge in [0.1, 0.15) is 0 Å². The molecule has 2 fully saturated rings. The molecule has 224 valence electrons. The maximum atomic E-state index is 12.1. The van der Waals surface area contributed by atoms with E-state index in [-0.39, 0.29) is 22.3 Å². The molecule has 2 aliphatic rings. The predicted molar refractivity (Wildman–Crippen MR) is 164 cm³/mol. The molecule has 1 aliphatic carbocycles. The monoisotopic (exact) mass is 592 g/mol.